The van der Waals surface area contributed by atoms with Gasteiger partial charge in [0.1, 0.15) is 23.8 Å². The number of amides is 2. The largest absolute Gasteiger partial charge is 0.466 e. The second-order valence-electron chi connectivity index (χ2n) is 9.76. The Balaban J connectivity index is 1.55. The van der Waals surface area contributed by atoms with Crippen LogP contribution in [0.4, 0.5) is 0 Å². The van der Waals surface area contributed by atoms with Crippen molar-refractivity contribution in [3.05, 3.63) is 36.9 Å². The SMILES string of the molecule is C=CCN(Cn1nnc2ccccc21)C(=O)[C@@H]1N([C@H](C)CO)C(=O)[C@H]2[C@H](C(=O)OCC)[C@H]3O[C@@]12CC3Br. The summed E-state index contributed by atoms with van der Waals surface area (Å²) >= 11 is 3.63. The van der Waals surface area contributed by atoms with E-state index in [0.29, 0.717) is 11.9 Å². The van der Waals surface area contributed by atoms with E-state index in [4.69, 9.17) is 9.47 Å². The van der Waals surface area contributed by atoms with Crippen LogP contribution in [0.15, 0.2) is 36.9 Å². The van der Waals surface area contributed by atoms with Crippen LogP contribution in [0.2, 0.25) is 0 Å². The number of hydrogen-bond donors (Lipinski definition) is 1. The van der Waals surface area contributed by atoms with E-state index in [1.54, 1.807) is 24.6 Å². The second-order valence-corrected chi connectivity index (χ2v) is 10.9. The average Bonchev–Trinajstić information content (AvgIpc) is 3.60. The Labute approximate surface area is 222 Å². The molecule has 11 nitrogen and oxygen atoms in total. The Bertz CT molecular complexity index is 1240. The summed E-state index contributed by atoms with van der Waals surface area (Å²) in [6.07, 6.45) is 1.37. The highest BCUT2D eigenvalue weighted by molar-refractivity contribution is 9.09. The molecular weight excluding hydrogens is 546 g/mol. The van der Waals surface area contributed by atoms with Gasteiger partial charge >= 0.3 is 5.97 Å². The van der Waals surface area contributed by atoms with Gasteiger partial charge < -0.3 is 24.4 Å². The van der Waals surface area contributed by atoms with E-state index in [1.165, 1.54) is 9.80 Å². The van der Waals surface area contributed by atoms with E-state index >= 15 is 0 Å². The number of rotatable bonds is 9. The van der Waals surface area contributed by atoms with Crippen LogP contribution in [-0.2, 0) is 30.5 Å². The number of ether oxygens (including phenoxy) is 2. The summed E-state index contributed by atoms with van der Waals surface area (Å²) in [5.74, 6) is -3.00. The van der Waals surface area contributed by atoms with E-state index < -0.39 is 41.6 Å². The van der Waals surface area contributed by atoms with Gasteiger partial charge in [0.25, 0.3) is 0 Å². The second kappa shape index (κ2) is 9.80. The molecule has 7 atom stereocenters. The molecule has 1 aromatic heterocycles. The Morgan fingerprint density at radius 1 is 1.43 bits per heavy atom. The predicted molar refractivity (Wildman–Crippen MR) is 135 cm³/mol. The van der Waals surface area contributed by atoms with Crippen molar-refractivity contribution in [1.82, 2.24) is 24.8 Å². The van der Waals surface area contributed by atoms with E-state index in [0.717, 1.165) is 5.52 Å². The molecule has 3 fully saturated rings. The summed E-state index contributed by atoms with van der Waals surface area (Å²) in [7, 11) is 0. The lowest BCUT2D eigenvalue weighted by Gasteiger charge is -2.38. The van der Waals surface area contributed by atoms with Crippen LogP contribution in [0.5, 0.6) is 0 Å². The van der Waals surface area contributed by atoms with Gasteiger partial charge in [-0.2, -0.15) is 0 Å². The number of para-hydroxylation sites is 1. The average molecular weight is 576 g/mol. The monoisotopic (exact) mass is 575 g/mol. The lowest BCUT2D eigenvalue weighted by molar-refractivity contribution is -0.156. The van der Waals surface area contributed by atoms with Gasteiger partial charge in [-0.1, -0.05) is 39.4 Å². The topological polar surface area (TPSA) is 127 Å². The van der Waals surface area contributed by atoms with Crippen LogP contribution >= 0.6 is 15.9 Å². The van der Waals surface area contributed by atoms with Gasteiger partial charge in [0, 0.05) is 11.4 Å². The molecule has 0 saturated carbocycles. The molecular formula is C25H30BrN5O6. The Morgan fingerprint density at radius 2 is 2.19 bits per heavy atom. The van der Waals surface area contributed by atoms with E-state index in [1.807, 2.05) is 24.3 Å². The summed E-state index contributed by atoms with van der Waals surface area (Å²) in [6, 6.07) is 5.70. The van der Waals surface area contributed by atoms with E-state index in [9.17, 15) is 19.5 Å². The zero-order valence-electron chi connectivity index (χ0n) is 20.7. The molecule has 12 heteroatoms. The molecule has 5 rings (SSSR count). The quantitative estimate of drug-likeness (QED) is 0.267. The molecule has 1 unspecified atom stereocenters. The number of nitrogens with zero attached hydrogens (tertiary/aromatic N) is 5. The zero-order chi connectivity index (χ0) is 26.5. The van der Waals surface area contributed by atoms with Crippen molar-refractivity contribution in [1.29, 1.82) is 0 Å². The number of alkyl halides is 1. The van der Waals surface area contributed by atoms with Gasteiger partial charge in [-0.3, -0.25) is 14.4 Å². The van der Waals surface area contributed by atoms with E-state index in [2.05, 4.69) is 32.8 Å². The van der Waals surface area contributed by atoms with Crippen molar-refractivity contribution in [2.45, 2.75) is 55.6 Å². The minimum Gasteiger partial charge on any atom is -0.466 e. The number of halogens is 1. The summed E-state index contributed by atoms with van der Waals surface area (Å²) in [4.78, 5) is 43.9. The van der Waals surface area contributed by atoms with Crippen LogP contribution in [0.1, 0.15) is 20.3 Å². The minimum atomic E-state index is -1.24. The van der Waals surface area contributed by atoms with Gasteiger partial charge in [-0.05, 0) is 32.4 Å². The molecule has 2 bridgehead atoms. The van der Waals surface area contributed by atoms with Gasteiger partial charge in [0.05, 0.1) is 42.7 Å². The Hall–Kier alpha value is -2.83. The number of aromatic nitrogens is 3. The van der Waals surface area contributed by atoms with Gasteiger partial charge in [-0.15, -0.1) is 11.7 Å². The molecule has 3 saturated heterocycles. The molecule has 4 heterocycles. The molecule has 2 aromatic rings. The fourth-order valence-electron chi connectivity index (χ4n) is 6.15. The predicted octanol–water partition coefficient (Wildman–Crippen LogP) is 1.10. The third kappa shape index (κ3) is 3.88. The third-order valence-electron chi connectivity index (χ3n) is 7.64. The van der Waals surface area contributed by atoms with E-state index in [-0.39, 0.29) is 43.1 Å². The molecule has 3 aliphatic heterocycles. The number of esters is 1. The number of benzene rings is 1. The molecule has 37 heavy (non-hydrogen) atoms. The molecule has 0 radical (unpaired) electrons. The number of aliphatic hydroxyl groups is 1. The van der Waals surface area contributed by atoms with Gasteiger partial charge in [-0.25, -0.2) is 4.68 Å². The van der Waals surface area contributed by atoms with Crippen molar-refractivity contribution in [2.24, 2.45) is 11.8 Å². The van der Waals surface area contributed by atoms with Crippen molar-refractivity contribution in [3.63, 3.8) is 0 Å². The number of likely N-dealkylation sites (tertiary alicyclic amines) is 1. The van der Waals surface area contributed by atoms with Crippen LogP contribution in [0, 0.1) is 11.8 Å². The lowest BCUT2D eigenvalue weighted by atomic mass is 9.70. The van der Waals surface area contributed by atoms with Crippen LogP contribution in [0.3, 0.4) is 0 Å². The highest BCUT2D eigenvalue weighted by Gasteiger charge is 2.77. The molecule has 1 aromatic carbocycles. The Morgan fingerprint density at radius 3 is 2.89 bits per heavy atom. The maximum absolute atomic E-state index is 14.3. The minimum absolute atomic E-state index is 0.0701. The van der Waals surface area contributed by atoms with Crippen molar-refractivity contribution >= 4 is 44.7 Å². The number of aliphatic hydroxyl groups excluding tert-OH is 1. The summed E-state index contributed by atoms with van der Waals surface area (Å²) in [5.41, 5.74) is 0.206. The third-order valence-corrected chi connectivity index (χ3v) is 8.49. The smallest absolute Gasteiger partial charge is 0.312 e. The number of carbonyl (C=O) groups excluding carboxylic acids is 3. The fourth-order valence-corrected chi connectivity index (χ4v) is 7.09. The highest BCUT2D eigenvalue weighted by atomic mass is 79.9. The highest BCUT2D eigenvalue weighted by Crippen LogP contribution is 2.60. The molecule has 2 amide bonds. The lowest BCUT2D eigenvalue weighted by Crippen LogP contribution is -2.58. The molecule has 0 aliphatic carbocycles. The Kier molecular flexibility index (Phi) is 6.84. The molecule has 1 N–H and O–H groups in total. The normalized spacial score (nSPS) is 31.0. The maximum Gasteiger partial charge on any atom is 0.312 e. The summed E-state index contributed by atoms with van der Waals surface area (Å²) < 4.78 is 13.4. The maximum atomic E-state index is 14.3. The number of hydrogen-bond acceptors (Lipinski definition) is 8. The first-order valence-corrected chi connectivity index (χ1v) is 13.3. The van der Waals surface area contributed by atoms with Crippen LogP contribution in [-0.4, -0.2) is 96.1 Å². The summed E-state index contributed by atoms with van der Waals surface area (Å²) in [6.45, 7) is 7.26. The summed E-state index contributed by atoms with van der Waals surface area (Å²) in [5, 5.41) is 18.4. The standard InChI is InChI=1S/C25H30BrN5O6/c1-4-10-29(13-30-17-9-7-6-8-16(17)27-28-30)23(34)21-25-11-15(26)20(37-25)18(24(35)36-5-2)19(25)22(33)31(21)14(3)12-32/h4,6-9,14-15,18-21,32H,1,5,10-13H2,2-3H3/t14-,15?,18+,19-,20+,21+,25-/m1/s1. The first kappa shape index (κ1) is 25.8. The first-order valence-electron chi connectivity index (χ1n) is 12.4. The van der Waals surface area contributed by atoms with Crippen LogP contribution in [0.25, 0.3) is 11.0 Å². The first-order chi connectivity index (χ1) is 17.8. The zero-order valence-corrected chi connectivity index (χ0v) is 22.3. The fraction of sp³-hybridized carbons (Fsp3) is 0.560. The molecule has 1 spiro atoms. The van der Waals surface area contributed by atoms with Crippen molar-refractivity contribution in [2.75, 3.05) is 19.8 Å². The molecule has 198 valence electrons. The molecule has 3 aliphatic rings. The van der Waals surface area contributed by atoms with Crippen molar-refractivity contribution < 1.29 is 29.0 Å². The van der Waals surface area contributed by atoms with Crippen LogP contribution < -0.4 is 0 Å². The number of fused-ring (bicyclic) bond motifs is 2. The van der Waals surface area contributed by atoms with Gasteiger partial charge in [0.2, 0.25) is 11.8 Å². The van der Waals surface area contributed by atoms with Gasteiger partial charge in [0.15, 0.2) is 0 Å². The number of carbonyl (C=O) groups is 3. The van der Waals surface area contributed by atoms with Crippen molar-refractivity contribution in [3.8, 4) is 0 Å².